The quantitative estimate of drug-likeness (QED) is 0.800. The van der Waals surface area contributed by atoms with Gasteiger partial charge in [0.15, 0.2) is 5.82 Å². The van der Waals surface area contributed by atoms with Crippen LogP contribution in [0.4, 0.5) is 5.13 Å². The second-order valence-corrected chi connectivity index (χ2v) is 6.15. The van der Waals surface area contributed by atoms with Gasteiger partial charge in [-0.2, -0.15) is 9.36 Å². The van der Waals surface area contributed by atoms with Gasteiger partial charge in [-0.25, -0.2) is 0 Å². The topological polar surface area (TPSA) is 41.1 Å². The second-order valence-electron chi connectivity index (χ2n) is 3.14. The fourth-order valence-corrected chi connectivity index (χ4v) is 2.49. The SMILES string of the molecule is ClC(Cl)(Cl)c1nsc(N2CCNCC2)n1. The molecule has 0 amide bonds. The largest absolute Gasteiger partial charge is 0.344 e. The lowest BCUT2D eigenvalue weighted by molar-refractivity contribution is 0.588. The van der Waals surface area contributed by atoms with Gasteiger partial charge in [0, 0.05) is 37.7 Å². The Balaban J connectivity index is 2.12. The van der Waals surface area contributed by atoms with Crippen molar-refractivity contribution in [2.45, 2.75) is 3.79 Å². The predicted octanol–water partition coefficient (Wildman–Crippen LogP) is 1.77. The van der Waals surface area contributed by atoms with Crippen molar-refractivity contribution in [2.75, 3.05) is 31.1 Å². The maximum atomic E-state index is 5.69. The molecule has 8 heteroatoms. The van der Waals surface area contributed by atoms with Crippen molar-refractivity contribution in [1.29, 1.82) is 0 Å². The molecular weight excluding hydrogens is 279 g/mol. The van der Waals surface area contributed by atoms with Crippen molar-refractivity contribution < 1.29 is 0 Å². The molecule has 0 spiro atoms. The Morgan fingerprint density at radius 2 is 1.93 bits per heavy atom. The molecule has 1 aromatic heterocycles. The van der Waals surface area contributed by atoms with E-state index in [1.807, 2.05) is 0 Å². The van der Waals surface area contributed by atoms with Gasteiger partial charge >= 0.3 is 0 Å². The molecule has 1 fully saturated rings. The minimum atomic E-state index is -1.53. The first kappa shape index (κ1) is 11.7. The van der Waals surface area contributed by atoms with E-state index in [4.69, 9.17) is 34.8 Å². The maximum absolute atomic E-state index is 5.69. The standard InChI is InChI=1S/C7H9Cl3N4S/c8-7(9,10)5-12-6(15-13-5)14-3-1-11-2-4-14/h11H,1-4H2. The zero-order chi connectivity index (χ0) is 10.9. The van der Waals surface area contributed by atoms with Crippen molar-refractivity contribution in [1.82, 2.24) is 14.7 Å². The Labute approximate surface area is 107 Å². The van der Waals surface area contributed by atoms with Crippen LogP contribution >= 0.6 is 46.3 Å². The van der Waals surface area contributed by atoms with E-state index < -0.39 is 3.79 Å². The first-order valence-electron chi connectivity index (χ1n) is 4.44. The lowest BCUT2D eigenvalue weighted by Crippen LogP contribution is -2.43. The molecular formula is C7H9Cl3N4S. The van der Waals surface area contributed by atoms with E-state index in [0.717, 1.165) is 31.3 Å². The van der Waals surface area contributed by atoms with Gasteiger partial charge in [-0.3, -0.25) is 0 Å². The van der Waals surface area contributed by atoms with E-state index in [2.05, 4.69) is 19.6 Å². The molecule has 2 heterocycles. The number of nitrogens with zero attached hydrogens (tertiary/aromatic N) is 3. The number of aromatic nitrogens is 2. The fourth-order valence-electron chi connectivity index (χ4n) is 1.32. The molecule has 15 heavy (non-hydrogen) atoms. The Hall–Kier alpha value is 0.190. The summed E-state index contributed by atoms with van der Waals surface area (Å²) in [5.41, 5.74) is 0. The van der Waals surface area contributed by atoms with E-state index >= 15 is 0 Å². The smallest absolute Gasteiger partial charge is 0.251 e. The molecule has 84 valence electrons. The Bertz CT molecular complexity index is 331. The van der Waals surface area contributed by atoms with Gasteiger partial charge in [0.05, 0.1) is 0 Å². The minimum Gasteiger partial charge on any atom is -0.344 e. The number of piperazine rings is 1. The first-order valence-corrected chi connectivity index (χ1v) is 6.34. The zero-order valence-corrected chi connectivity index (χ0v) is 10.8. The average molecular weight is 288 g/mol. The van der Waals surface area contributed by atoms with Gasteiger partial charge in [0.25, 0.3) is 3.79 Å². The first-order chi connectivity index (χ1) is 7.07. The zero-order valence-electron chi connectivity index (χ0n) is 7.71. The highest BCUT2D eigenvalue weighted by Gasteiger charge is 2.29. The lowest BCUT2D eigenvalue weighted by atomic mass is 10.4. The Kier molecular flexibility index (Phi) is 3.57. The van der Waals surface area contributed by atoms with Crippen LogP contribution in [-0.4, -0.2) is 35.5 Å². The van der Waals surface area contributed by atoms with Crippen LogP contribution in [0, 0.1) is 0 Å². The highest BCUT2D eigenvalue weighted by atomic mass is 35.6. The van der Waals surface area contributed by atoms with E-state index in [0.29, 0.717) is 0 Å². The van der Waals surface area contributed by atoms with Gasteiger partial charge in [-0.05, 0) is 0 Å². The van der Waals surface area contributed by atoms with Crippen LogP contribution in [0.1, 0.15) is 5.82 Å². The van der Waals surface area contributed by atoms with Gasteiger partial charge in [-0.1, -0.05) is 34.8 Å². The molecule has 0 unspecified atom stereocenters. The van der Waals surface area contributed by atoms with Gasteiger partial charge in [0.1, 0.15) is 0 Å². The summed E-state index contributed by atoms with van der Waals surface area (Å²) in [5, 5.41) is 4.08. The van der Waals surface area contributed by atoms with Crippen LogP contribution in [0.25, 0.3) is 0 Å². The van der Waals surface area contributed by atoms with Crippen molar-refractivity contribution in [3.8, 4) is 0 Å². The van der Waals surface area contributed by atoms with Crippen molar-refractivity contribution in [3.05, 3.63) is 5.82 Å². The molecule has 1 aromatic rings. The molecule has 1 N–H and O–H groups in total. The van der Waals surface area contributed by atoms with E-state index in [1.54, 1.807) is 0 Å². The van der Waals surface area contributed by atoms with Crippen LogP contribution in [0.2, 0.25) is 0 Å². The van der Waals surface area contributed by atoms with Crippen LogP contribution in [0.15, 0.2) is 0 Å². The van der Waals surface area contributed by atoms with Crippen LogP contribution < -0.4 is 10.2 Å². The lowest BCUT2D eigenvalue weighted by Gasteiger charge is -2.26. The molecule has 4 nitrogen and oxygen atoms in total. The molecule has 0 aliphatic carbocycles. The molecule has 2 rings (SSSR count). The Morgan fingerprint density at radius 1 is 1.27 bits per heavy atom. The third kappa shape index (κ3) is 2.85. The number of anilines is 1. The van der Waals surface area contributed by atoms with Crippen LogP contribution in [0.5, 0.6) is 0 Å². The summed E-state index contributed by atoms with van der Waals surface area (Å²) in [6.45, 7) is 3.72. The van der Waals surface area contributed by atoms with Crippen molar-refractivity contribution >= 4 is 51.5 Å². The predicted molar refractivity (Wildman–Crippen MR) is 64.2 cm³/mol. The molecule has 0 atom stereocenters. The summed E-state index contributed by atoms with van der Waals surface area (Å²) in [6, 6.07) is 0. The number of hydrogen-bond donors (Lipinski definition) is 1. The summed E-state index contributed by atoms with van der Waals surface area (Å²) in [6.07, 6.45) is 0. The molecule has 0 saturated carbocycles. The second kappa shape index (κ2) is 4.59. The normalized spacial score (nSPS) is 18.2. The third-order valence-electron chi connectivity index (χ3n) is 2.06. The number of nitrogens with one attached hydrogen (secondary N) is 1. The summed E-state index contributed by atoms with van der Waals surface area (Å²) >= 11 is 18.3. The van der Waals surface area contributed by atoms with Gasteiger partial charge in [-0.15, -0.1) is 0 Å². The van der Waals surface area contributed by atoms with Gasteiger partial charge in [0.2, 0.25) is 5.13 Å². The van der Waals surface area contributed by atoms with Crippen molar-refractivity contribution in [2.24, 2.45) is 0 Å². The van der Waals surface area contributed by atoms with E-state index in [-0.39, 0.29) is 5.82 Å². The van der Waals surface area contributed by atoms with E-state index in [9.17, 15) is 0 Å². The number of halogens is 3. The minimum absolute atomic E-state index is 0.256. The summed E-state index contributed by atoms with van der Waals surface area (Å²) < 4.78 is 2.51. The average Bonchev–Trinajstić information content (AvgIpc) is 2.67. The molecule has 0 bridgehead atoms. The number of alkyl halides is 3. The van der Waals surface area contributed by atoms with Gasteiger partial charge < -0.3 is 10.2 Å². The Morgan fingerprint density at radius 3 is 2.47 bits per heavy atom. The summed E-state index contributed by atoms with van der Waals surface area (Å²) in [7, 11) is 0. The van der Waals surface area contributed by atoms with Crippen molar-refractivity contribution in [3.63, 3.8) is 0 Å². The maximum Gasteiger partial charge on any atom is 0.251 e. The monoisotopic (exact) mass is 286 g/mol. The summed E-state index contributed by atoms with van der Waals surface area (Å²) in [5.74, 6) is 0.256. The number of rotatable bonds is 1. The third-order valence-corrected chi connectivity index (χ3v) is 3.34. The summed E-state index contributed by atoms with van der Waals surface area (Å²) in [4.78, 5) is 6.35. The van der Waals surface area contributed by atoms with Crippen LogP contribution in [-0.2, 0) is 3.79 Å². The molecule has 1 aliphatic rings. The molecule has 1 aliphatic heterocycles. The van der Waals surface area contributed by atoms with E-state index in [1.165, 1.54) is 11.5 Å². The fraction of sp³-hybridized carbons (Fsp3) is 0.714. The molecule has 0 aromatic carbocycles. The highest BCUT2D eigenvalue weighted by Crippen LogP contribution is 2.37. The van der Waals surface area contributed by atoms with Crippen LogP contribution in [0.3, 0.4) is 0 Å². The number of hydrogen-bond acceptors (Lipinski definition) is 5. The molecule has 1 saturated heterocycles. The molecule has 0 radical (unpaired) electrons. The highest BCUT2D eigenvalue weighted by molar-refractivity contribution is 7.09.